The highest BCUT2D eigenvalue weighted by atomic mass is 16.5. The SMILES string of the molecule is CC(NCc1ccccc1CN1CCOCC1)C(=O)Nc1cccc2ccccc12. The summed E-state index contributed by atoms with van der Waals surface area (Å²) in [5.74, 6) is -0.0305. The third kappa shape index (κ3) is 5.05. The van der Waals surface area contributed by atoms with Crippen LogP contribution in [0, 0.1) is 0 Å². The molecule has 5 heteroatoms. The molecule has 1 heterocycles. The summed E-state index contributed by atoms with van der Waals surface area (Å²) in [4.78, 5) is 15.2. The molecule has 1 atom stereocenters. The van der Waals surface area contributed by atoms with Crippen molar-refractivity contribution < 1.29 is 9.53 Å². The van der Waals surface area contributed by atoms with Gasteiger partial charge < -0.3 is 15.4 Å². The molecule has 1 unspecified atom stereocenters. The summed E-state index contributed by atoms with van der Waals surface area (Å²) in [6.07, 6.45) is 0. The summed E-state index contributed by atoms with van der Waals surface area (Å²) in [6, 6.07) is 22.2. The molecule has 1 amide bonds. The Balaban J connectivity index is 1.37. The van der Waals surface area contributed by atoms with Gasteiger partial charge in [-0.25, -0.2) is 0 Å². The number of hydrogen-bond donors (Lipinski definition) is 2. The average Bonchev–Trinajstić information content (AvgIpc) is 2.79. The second-order valence-corrected chi connectivity index (χ2v) is 7.78. The Labute approximate surface area is 178 Å². The lowest BCUT2D eigenvalue weighted by atomic mass is 10.1. The van der Waals surface area contributed by atoms with Crippen molar-refractivity contribution in [3.63, 3.8) is 0 Å². The lowest BCUT2D eigenvalue weighted by Gasteiger charge is -2.27. The maximum atomic E-state index is 12.8. The van der Waals surface area contributed by atoms with E-state index in [1.54, 1.807) is 0 Å². The van der Waals surface area contributed by atoms with Gasteiger partial charge in [-0.2, -0.15) is 0 Å². The van der Waals surface area contributed by atoms with Gasteiger partial charge >= 0.3 is 0 Å². The molecule has 4 rings (SSSR count). The normalized spacial score (nSPS) is 15.8. The van der Waals surface area contributed by atoms with Crippen LogP contribution in [0.5, 0.6) is 0 Å². The summed E-state index contributed by atoms with van der Waals surface area (Å²) in [5, 5.41) is 8.64. The summed E-state index contributed by atoms with van der Waals surface area (Å²) >= 11 is 0. The third-order valence-electron chi connectivity index (χ3n) is 5.66. The van der Waals surface area contributed by atoms with Crippen molar-refractivity contribution in [1.82, 2.24) is 10.2 Å². The Morgan fingerprint density at radius 1 is 0.967 bits per heavy atom. The van der Waals surface area contributed by atoms with Crippen LogP contribution in [0.2, 0.25) is 0 Å². The van der Waals surface area contributed by atoms with Crippen molar-refractivity contribution in [1.29, 1.82) is 0 Å². The second-order valence-electron chi connectivity index (χ2n) is 7.78. The Kier molecular flexibility index (Phi) is 6.74. The number of morpholine rings is 1. The quantitative estimate of drug-likeness (QED) is 0.630. The minimum Gasteiger partial charge on any atom is -0.379 e. The number of amides is 1. The van der Waals surface area contributed by atoms with Gasteiger partial charge in [0.2, 0.25) is 5.91 Å². The zero-order valence-electron chi connectivity index (χ0n) is 17.4. The van der Waals surface area contributed by atoms with Gasteiger partial charge in [0, 0.05) is 37.3 Å². The molecule has 0 aromatic heterocycles. The van der Waals surface area contributed by atoms with E-state index in [9.17, 15) is 4.79 Å². The number of nitrogens with one attached hydrogen (secondary N) is 2. The number of nitrogens with zero attached hydrogens (tertiary/aromatic N) is 1. The van der Waals surface area contributed by atoms with E-state index >= 15 is 0 Å². The Hall–Kier alpha value is -2.73. The smallest absolute Gasteiger partial charge is 0.241 e. The predicted molar refractivity (Wildman–Crippen MR) is 121 cm³/mol. The molecule has 156 valence electrons. The van der Waals surface area contributed by atoms with E-state index in [0.717, 1.165) is 49.3 Å². The van der Waals surface area contributed by atoms with Gasteiger partial charge in [0.15, 0.2) is 0 Å². The molecule has 0 bridgehead atoms. The van der Waals surface area contributed by atoms with E-state index in [-0.39, 0.29) is 11.9 Å². The van der Waals surface area contributed by atoms with Crippen LogP contribution < -0.4 is 10.6 Å². The Morgan fingerprint density at radius 2 is 1.67 bits per heavy atom. The zero-order valence-corrected chi connectivity index (χ0v) is 17.4. The van der Waals surface area contributed by atoms with Crippen LogP contribution in [0.1, 0.15) is 18.1 Å². The maximum Gasteiger partial charge on any atom is 0.241 e. The molecule has 1 aliphatic rings. The highest BCUT2D eigenvalue weighted by molar-refractivity contribution is 6.03. The average molecular weight is 404 g/mol. The van der Waals surface area contributed by atoms with Crippen molar-refractivity contribution in [2.75, 3.05) is 31.6 Å². The van der Waals surface area contributed by atoms with Gasteiger partial charge in [-0.1, -0.05) is 60.7 Å². The first-order chi connectivity index (χ1) is 14.7. The van der Waals surface area contributed by atoms with E-state index in [1.165, 1.54) is 11.1 Å². The lowest BCUT2D eigenvalue weighted by Crippen LogP contribution is -2.38. The topological polar surface area (TPSA) is 53.6 Å². The molecule has 1 saturated heterocycles. The fraction of sp³-hybridized carbons (Fsp3) is 0.320. The minimum absolute atomic E-state index is 0.0305. The van der Waals surface area contributed by atoms with E-state index < -0.39 is 0 Å². The van der Waals surface area contributed by atoms with Crippen molar-refractivity contribution >= 4 is 22.4 Å². The molecule has 3 aromatic carbocycles. The number of carbonyl (C=O) groups is 1. The van der Waals surface area contributed by atoms with Crippen LogP contribution >= 0.6 is 0 Å². The van der Waals surface area contributed by atoms with Crippen LogP contribution in [0.4, 0.5) is 5.69 Å². The van der Waals surface area contributed by atoms with Crippen LogP contribution in [0.3, 0.4) is 0 Å². The molecule has 0 spiro atoms. The molecule has 1 fully saturated rings. The third-order valence-corrected chi connectivity index (χ3v) is 5.66. The van der Waals surface area contributed by atoms with Gasteiger partial charge in [-0.05, 0) is 29.5 Å². The molecule has 0 radical (unpaired) electrons. The van der Waals surface area contributed by atoms with E-state index in [4.69, 9.17) is 4.74 Å². The van der Waals surface area contributed by atoms with E-state index in [2.05, 4.69) is 51.9 Å². The second kappa shape index (κ2) is 9.85. The standard InChI is InChI=1S/C25H29N3O2/c1-19(25(29)27-24-12-6-10-20-7-4-5-11-23(20)24)26-17-21-8-2-3-9-22(21)18-28-13-15-30-16-14-28/h2-12,19,26H,13-18H2,1H3,(H,27,29). The summed E-state index contributed by atoms with van der Waals surface area (Å²) in [5.41, 5.74) is 3.38. The van der Waals surface area contributed by atoms with Gasteiger partial charge in [0.1, 0.15) is 0 Å². The summed E-state index contributed by atoms with van der Waals surface area (Å²) < 4.78 is 5.45. The molecular formula is C25H29N3O2. The van der Waals surface area contributed by atoms with Gasteiger partial charge in [0.05, 0.1) is 19.3 Å². The highest BCUT2D eigenvalue weighted by Gasteiger charge is 2.16. The summed E-state index contributed by atoms with van der Waals surface area (Å²) in [7, 11) is 0. The Bertz CT molecular complexity index is 993. The molecular weight excluding hydrogens is 374 g/mol. The van der Waals surface area contributed by atoms with Gasteiger partial charge in [0.25, 0.3) is 0 Å². The number of anilines is 1. The first-order valence-electron chi connectivity index (χ1n) is 10.6. The van der Waals surface area contributed by atoms with Crippen LogP contribution in [0.15, 0.2) is 66.7 Å². The zero-order chi connectivity index (χ0) is 20.8. The van der Waals surface area contributed by atoms with Crippen LogP contribution in [-0.2, 0) is 22.6 Å². The number of benzene rings is 3. The lowest BCUT2D eigenvalue weighted by molar-refractivity contribution is -0.117. The first-order valence-corrected chi connectivity index (χ1v) is 10.6. The number of hydrogen-bond acceptors (Lipinski definition) is 4. The molecule has 3 aromatic rings. The highest BCUT2D eigenvalue weighted by Crippen LogP contribution is 2.23. The molecule has 5 nitrogen and oxygen atoms in total. The Morgan fingerprint density at radius 3 is 2.50 bits per heavy atom. The molecule has 30 heavy (non-hydrogen) atoms. The van der Waals surface area contributed by atoms with Crippen molar-refractivity contribution in [3.05, 3.63) is 77.9 Å². The molecule has 0 aliphatic carbocycles. The predicted octanol–water partition coefficient (Wildman–Crippen LogP) is 3.79. The maximum absolute atomic E-state index is 12.8. The molecule has 1 aliphatic heterocycles. The van der Waals surface area contributed by atoms with E-state index in [1.807, 2.05) is 37.3 Å². The fourth-order valence-corrected chi connectivity index (χ4v) is 3.82. The fourth-order valence-electron chi connectivity index (χ4n) is 3.82. The van der Waals surface area contributed by atoms with Crippen LogP contribution in [-0.4, -0.2) is 43.2 Å². The summed E-state index contributed by atoms with van der Waals surface area (Å²) in [6.45, 7) is 7.00. The largest absolute Gasteiger partial charge is 0.379 e. The number of carbonyl (C=O) groups excluding carboxylic acids is 1. The number of fused-ring (bicyclic) bond motifs is 1. The van der Waals surface area contributed by atoms with Gasteiger partial charge in [-0.15, -0.1) is 0 Å². The number of ether oxygens (including phenoxy) is 1. The monoisotopic (exact) mass is 403 g/mol. The number of rotatable bonds is 7. The van der Waals surface area contributed by atoms with Crippen LogP contribution in [0.25, 0.3) is 10.8 Å². The van der Waals surface area contributed by atoms with Crippen molar-refractivity contribution in [2.45, 2.75) is 26.1 Å². The van der Waals surface area contributed by atoms with E-state index in [0.29, 0.717) is 6.54 Å². The minimum atomic E-state index is -0.305. The van der Waals surface area contributed by atoms with Crippen molar-refractivity contribution in [2.24, 2.45) is 0 Å². The van der Waals surface area contributed by atoms with Crippen molar-refractivity contribution in [3.8, 4) is 0 Å². The first kappa shape index (κ1) is 20.5. The van der Waals surface area contributed by atoms with Gasteiger partial charge in [-0.3, -0.25) is 9.69 Å². The molecule has 0 saturated carbocycles. The molecule has 2 N–H and O–H groups in total.